The second-order valence-corrected chi connectivity index (χ2v) is 8.58. The Balaban J connectivity index is 1.50. The number of fused-ring (bicyclic) bond motifs is 1. The van der Waals surface area contributed by atoms with Gasteiger partial charge in [0, 0.05) is 12.1 Å². The second-order valence-electron chi connectivity index (χ2n) is 8.58. The van der Waals surface area contributed by atoms with Crippen molar-refractivity contribution in [2.75, 3.05) is 13.1 Å². The Morgan fingerprint density at radius 3 is 2.61 bits per heavy atom. The predicted octanol–water partition coefficient (Wildman–Crippen LogP) is 4.72. The molecule has 0 amide bonds. The number of ether oxygens (including phenoxy) is 1. The fourth-order valence-electron chi connectivity index (χ4n) is 4.31. The van der Waals surface area contributed by atoms with Crippen molar-refractivity contribution in [1.82, 2.24) is 20.1 Å². The van der Waals surface area contributed by atoms with Crippen molar-refractivity contribution in [1.29, 1.82) is 5.26 Å². The highest BCUT2D eigenvalue weighted by Crippen LogP contribution is 2.33. The summed E-state index contributed by atoms with van der Waals surface area (Å²) in [6, 6.07) is 20.3. The van der Waals surface area contributed by atoms with E-state index in [0.717, 1.165) is 60.2 Å². The molecule has 1 unspecified atom stereocenters. The molecule has 33 heavy (non-hydrogen) atoms. The first-order valence-corrected chi connectivity index (χ1v) is 11.5. The quantitative estimate of drug-likeness (QED) is 0.453. The lowest BCUT2D eigenvalue weighted by molar-refractivity contribution is 0.296. The van der Waals surface area contributed by atoms with Crippen LogP contribution in [0.3, 0.4) is 0 Å². The molecule has 0 bridgehead atoms. The van der Waals surface area contributed by atoms with E-state index < -0.39 is 0 Å². The van der Waals surface area contributed by atoms with Crippen molar-refractivity contribution >= 4 is 11.0 Å². The van der Waals surface area contributed by atoms with Gasteiger partial charge in [-0.05, 0) is 66.7 Å². The Hall–Kier alpha value is -3.69. The third-order valence-electron chi connectivity index (χ3n) is 6.32. The Kier molecular flexibility index (Phi) is 6.05. The fraction of sp³-hybridized carbons (Fsp3) is 0.296. The standard InChI is InChI=1S/C27H27N5O/c1-2-19-3-5-21(6-4-19)18-33-27-24(23-9-7-20(14-28)8-10-23)13-26-25(31-27)16-30-32(26)17-22-11-12-29-15-22/h3-10,13,16,22,29H,2,11-12,15,17-18H2,1H3. The van der Waals surface area contributed by atoms with Crippen LogP contribution in [0.1, 0.15) is 30.0 Å². The minimum atomic E-state index is 0.438. The number of pyridine rings is 1. The van der Waals surface area contributed by atoms with E-state index in [1.54, 1.807) is 0 Å². The van der Waals surface area contributed by atoms with Crippen molar-refractivity contribution in [2.45, 2.75) is 32.9 Å². The topological polar surface area (TPSA) is 75.8 Å². The number of benzene rings is 2. The molecule has 0 radical (unpaired) electrons. The summed E-state index contributed by atoms with van der Waals surface area (Å²) in [4.78, 5) is 4.85. The van der Waals surface area contributed by atoms with Crippen LogP contribution in [-0.4, -0.2) is 27.9 Å². The lowest BCUT2D eigenvalue weighted by atomic mass is 10.0. The smallest absolute Gasteiger partial charge is 0.222 e. The first-order chi connectivity index (χ1) is 16.2. The van der Waals surface area contributed by atoms with Gasteiger partial charge in [-0.15, -0.1) is 0 Å². The van der Waals surface area contributed by atoms with E-state index in [9.17, 15) is 5.26 Å². The summed E-state index contributed by atoms with van der Waals surface area (Å²) in [7, 11) is 0. The zero-order chi connectivity index (χ0) is 22.6. The van der Waals surface area contributed by atoms with Crippen LogP contribution in [0, 0.1) is 17.2 Å². The number of aryl methyl sites for hydroxylation is 1. The molecule has 1 aliphatic heterocycles. The van der Waals surface area contributed by atoms with Gasteiger partial charge in [0.25, 0.3) is 0 Å². The van der Waals surface area contributed by atoms with Gasteiger partial charge in [0.05, 0.1) is 23.3 Å². The minimum absolute atomic E-state index is 0.438. The number of nitrogens with zero attached hydrogens (tertiary/aromatic N) is 4. The highest BCUT2D eigenvalue weighted by molar-refractivity contribution is 5.83. The van der Waals surface area contributed by atoms with E-state index in [2.05, 4.69) is 58.4 Å². The van der Waals surface area contributed by atoms with Crippen molar-refractivity contribution in [3.63, 3.8) is 0 Å². The predicted molar refractivity (Wildman–Crippen MR) is 129 cm³/mol. The van der Waals surface area contributed by atoms with Gasteiger partial charge in [0.2, 0.25) is 5.88 Å². The van der Waals surface area contributed by atoms with Crippen LogP contribution in [0.2, 0.25) is 0 Å². The van der Waals surface area contributed by atoms with Crippen LogP contribution in [0.5, 0.6) is 5.88 Å². The molecular weight excluding hydrogens is 410 g/mol. The lowest BCUT2D eigenvalue weighted by Gasteiger charge is -2.13. The monoisotopic (exact) mass is 437 g/mol. The Morgan fingerprint density at radius 1 is 1.12 bits per heavy atom. The van der Waals surface area contributed by atoms with Gasteiger partial charge < -0.3 is 10.1 Å². The molecule has 6 heteroatoms. The number of rotatable bonds is 7. The normalized spacial score (nSPS) is 15.6. The first-order valence-electron chi connectivity index (χ1n) is 11.5. The molecule has 0 aliphatic carbocycles. The van der Waals surface area contributed by atoms with E-state index in [0.29, 0.717) is 24.0 Å². The van der Waals surface area contributed by atoms with E-state index in [4.69, 9.17) is 9.72 Å². The van der Waals surface area contributed by atoms with Gasteiger partial charge in [-0.2, -0.15) is 10.4 Å². The SMILES string of the molecule is CCc1ccc(COc2nc3cnn(CC4CCNC4)c3cc2-c2ccc(C#N)cc2)cc1. The van der Waals surface area contributed by atoms with Crippen molar-refractivity contribution in [3.8, 4) is 23.1 Å². The van der Waals surface area contributed by atoms with Crippen LogP contribution < -0.4 is 10.1 Å². The summed E-state index contributed by atoms with van der Waals surface area (Å²) in [5.74, 6) is 1.15. The van der Waals surface area contributed by atoms with Gasteiger partial charge in [-0.25, -0.2) is 4.98 Å². The molecule has 3 heterocycles. The number of nitriles is 1. The highest BCUT2D eigenvalue weighted by atomic mass is 16.5. The Labute approximate surface area is 193 Å². The summed E-state index contributed by atoms with van der Waals surface area (Å²) in [6.45, 7) is 5.55. The minimum Gasteiger partial charge on any atom is -0.472 e. The molecule has 166 valence electrons. The van der Waals surface area contributed by atoms with Gasteiger partial charge in [0.1, 0.15) is 12.1 Å². The molecule has 1 N–H and O–H groups in total. The van der Waals surface area contributed by atoms with E-state index in [-0.39, 0.29) is 0 Å². The van der Waals surface area contributed by atoms with E-state index in [1.807, 2.05) is 30.5 Å². The molecule has 2 aromatic heterocycles. The van der Waals surface area contributed by atoms with Crippen molar-refractivity contribution in [3.05, 3.63) is 77.5 Å². The molecule has 1 aliphatic rings. The molecule has 1 atom stereocenters. The molecular formula is C27H27N5O. The molecule has 1 fully saturated rings. The lowest BCUT2D eigenvalue weighted by Crippen LogP contribution is -2.15. The summed E-state index contributed by atoms with van der Waals surface area (Å²) in [5, 5.41) is 17.2. The number of hydrogen-bond acceptors (Lipinski definition) is 5. The molecule has 5 rings (SSSR count). The first kappa shape index (κ1) is 21.2. The maximum absolute atomic E-state index is 9.18. The maximum Gasteiger partial charge on any atom is 0.222 e. The molecule has 0 spiro atoms. The summed E-state index contributed by atoms with van der Waals surface area (Å²) in [6.07, 6.45) is 4.00. The van der Waals surface area contributed by atoms with Gasteiger partial charge in [-0.3, -0.25) is 4.68 Å². The van der Waals surface area contributed by atoms with Crippen molar-refractivity contribution < 1.29 is 4.74 Å². The van der Waals surface area contributed by atoms with Crippen LogP contribution in [0.25, 0.3) is 22.2 Å². The third-order valence-corrected chi connectivity index (χ3v) is 6.32. The highest BCUT2D eigenvalue weighted by Gasteiger charge is 2.19. The van der Waals surface area contributed by atoms with Crippen LogP contribution in [-0.2, 0) is 19.6 Å². The van der Waals surface area contributed by atoms with Crippen LogP contribution in [0.4, 0.5) is 0 Å². The number of hydrogen-bond donors (Lipinski definition) is 1. The average molecular weight is 438 g/mol. The second kappa shape index (κ2) is 9.43. The fourth-order valence-corrected chi connectivity index (χ4v) is 4.31. The molecule has 6 nitrogen and oxygen atoms in total. The van der Waals surface area contributed by atoms with E-state index >= 15 is 0 Å². The van der Waals surface area contributed by atoms with Crippen LogP contribution in [0.15, 0.2) is 60.8 Å². The Bertz CT molecular complexity index is 1280. The molecule has 1 saturated heterocycles. The zero-order valence-electron chi connectivity index (χ0n) is 18.8. The van der Waals surface area contributed by atoms with Crippen molar-refractivity contribution in [2.24, 2.45) is 5.92 Å². The zero-order valence-corrected chi connectivity index (χ0v) is 18.8. The number of nitrogens with one attached hydrogen (secondary N) is 1. The number of aromatic nitrogens is 3. The van der Waals surface area contributed by atoms with E-state index in [1.165, 1.54) is 5.56 Å². The molecule has 2 aromatic carbocycles. The summed E-state index contributed by atoms with van der Waals surface area (Å²) < 4.78 is 8.29. The van der Waals surface area contributed by atoms with Gasteiger partial charge in [0.15, 0.2) is 0 Å². The Morgan fingerprint density at radius 2 is 1.91 bits per heavy atom. The average Bonchev–Trinajstić information content (AvgIpc) is 3.53. The largest absolute Gasteiger partial charge is 0.472 e. The summed E-state index contributed by atoms with van der Waals surface area (Å²) >= 11 is 0. The molecule has 0 saturated carbocycles. The van der Waals surface area contributed by atoms with Gasteiger partial charge in [-0.1, -0.05) is 43.3 Å². The molecule has 4 aromatic rings. The third kappa shape index (κ3) is 4.59. The summed E-state index contributed by atoms with van der Waals surface area (Å²) in [5.41, 5.74) is 6.74. The van der Waals surface area contributed by atoms with Gasteiger partial charge >= 0.3 is 0 Å². The van der Waals surface area contributed by atoms with Crippen LogP contribution >= 0.6 is 0 Å². The maximum atomic E-state index is 9.18.